The molecule has 0 aliphatic heterocycles. The molecule has 1 aromatic rings. The molecule has 0 spiro atoms. The summed E-state index contributed by atoms with van der Waals surface area (Å²) in [5.41, 5.74) is 2.27. The summed E-state index contributed by atoms with van der Waals surface area (Å²) in [6.07, 6.45) is 0. The lowest BCUT2D eigenvalue weighted by atomic mass is 10.1. The van der Waals surface area contributed by atoms with Gasteiger partial charge in [-0.2, -0.15) is 0 Å². The molecular weight excluding hydrogens is 196 g/mol. The first kappa shape index (κ1) is 11.3. The zero-order valence-corrected chi connectivity index (χ0v) is 9.89. The Hall–Kier alpha value is -0.730. The van der Waals surface area contributed by atoms with Gasteiger partial charge in [-0.3, -0.25) is 0 Å². The molecule has 1 unspecified atom stereocenters. The van der Waals surface area contributed by atoms with E-state index >= 15 is 0 Å². The maximum atomic E-state index is 6.18. The maximum Gasteiger partial charge on any atom is 0.0474 e. The summed E-state index contributed by atoms with van der Waals surface area (Å²) >= 11 is 6.18. The van der Waals surface area contributed by atoms with Gasteiger partial charge in [-0.05, 0) is 31.7 Å². The van der Waals surface area contributed by atoms with E-state index in [1.807, 2.05) is 32.1 Å². The Labute approximate surface area is 90.9 Å². The van der Waals surface area contributed by atoms with E-state index in [-0.39, 0.29) is 0 Å². The van der Waals surface area contributed by atoms with Gasteiger partial charge in [0.05, 0.1) is 0 Å². The first-order valence-electron chi connectivity index (χ1n) is 4.70. The van der Waals surface area contributed by atoms with Crippen molar-refractivity contribution < 1.29 is 0 Å². The van der Waals surface area contributed by atoms with Gasteiger partial charge in [0.2, 0.25) is 0 Å². The molecule has 14 heavy (non-hydrogen) atoms. The minimum atomic E-state index is 0.290. The van der Waals surface area contributed by atoms with Crippen LogP contribution in [0.4, 0.5) is 5.69 Å². The lowest BCUT2D eigenvalue weighted by molar-refractivity contribution is 0.652. The summed E-state index contributed by atoms with van der Waals surface area (Å²) in [5, 5.41) is 3.99. The number of halogens is 1. The molecule has 0 saturated carbocycles. The quantitative estimate of drug-likeness (QED) is 0.829. The predicted molar refractivity (Wildman–Crippen MR) is 63.3 cm³/mol. The van der Waals surface area contributed by atoms with Crippen molar-refractivity contribution in [1.29, 1.82) is 0 Å². The fourth-order valence-corrected chi connectivity index (χ4v) is 1.64. The largest absolute Gasteiger partial charge is 0.378 e. The average molecular weight is 213 g/mol. The predicted octanol–water partition coefficient (Wildman–Crippen LogP) is 2.69. The van der Waals surface area contributed by atoms with E-state index in [2.05, 4.69) is 24.4 Å². The van der Waals surface area contributed by atoms with E-state index in [9.17, 15) is 0 Å². The van der Waals surface area contributed by atoms with E-state index in [0.29, 0.717) is 6.04 Å². The van der Waals surface area contributed by atoms with E-state index < -0.39 is 0 Å². The summed E-state index contributed by atoms with van der Waals surface area (Å²) in [6, 6.07) is 6.43. The maximum absolute atomic E-state index is 6.18. The first-order valence-corrected chi connectivity index (χ1v) is 5.08. The molecule has 1 atom stereocenters. The average Bonchev–Trinajstić information content (AvgIpc) is 2.16. The summed E-state index contributed by atoms with van der Waals surface area (Å²) in [6.45, 7) is 2.09. The van der Waals surface area contributed by atoms with Crippen molar-refractivity contribution in [2.45, 2.75) is 13.0 Å². The minimum Gasteiger partial charge on any atom is -0.378 e. The van der Waals surface area contributed by atoms with Gasteiger partial charge in [-0.25, -0.2) is 0 Å². The highest BCUT2D eigenvalue weighted by molar-refractivity contribution is 6.31. The molecule has 2 nitrogen and oxygen atoms in total. The first-order chi connectivity index (χ1) is 6.56. The standard InChI is InChI=1S/C11H17ClN2/c1-8(13-2)10-6-5-9(14(3)4)7-11(10)12/h5-8,13H,1-4H3. The Morgan fingerprint density at radius 2 is 2.00 bits per heavy atom. The number of rotatable bonds is 3. The normalized spacial score (nSPS) is 12.6. The smallest absolute Gasteiger partial charge is 0.0474 e. The molecular formula is C11H17ClN2. The van der Waals surface area contributed by atoms with Gasteiger partial charge in [-0.1, -0.05) is 17.7 Å². The third-order valence-electron chi connectivity index (χ3n) is 2.40. The number of anilines is 1. The van der Waals surface area contributed by atoms with Crippen LogP contribution in [0.2, 0.25) is 5.02 Å². The second-order valence-corrected chi connectivity index (χ2v) is 4.02. The van der Waals surface area contributed by atoms with Gasteiger partial charge in [0, 0.05) is 30.8 Å². The number of benzene rings is 1. The van der Waals surface area contributed by atoms with Gasteiger partial charge < -0.3 is 10.2 Å². The number of nitrogens with zero attached hydrogens (tertiary/aromatic N) is 1. The molecule has 0 heterocycles. The fraction of sp³-hybridized carbons (Fsp3) is 0.455. The molecule has 0 fully saturated rings. The molecule has 0 amide bonds. The Kier molecular flexibility index (Phi) is 3.78. The SMILES string of the molecule is CNC(C)c1ccc(N(C)C)cc1Cl. The Morgan fingerprint density at radius 3 is 2.43 bits per heavy atom. The van der Waals surface area contributed by atoms with Crippen LogP contribution in [0.3, 0.4) is 0 Å². The van der Waals surface area contributed by atoms with Gasteiger partial charge in [0.25, 0.3) is 0 Å². The van der Waals surface area contributed by atoms with Gasteiger partial charge in [0.1, 0.15) is 0 Å². The third-order valence-corrected chi connectivity index (χ3v) is 2.73. The van der Waals surface area contributed by atoms with Crippen LogP contribution in [0.25, 0.3) is 0 Å². The molecule has 0 radical (unpaired) electrons. The monoisotopic (exact) mass is 212 g/mol. The van der Waals surface area contributed by atoms with Crippen LogP contribution in [0.1, 0.15) is 18.5 Å². The topological polar surface area (TPSA) is 15.3 Å². The fourth-order valence-electron chi connectivity index (χ4n) is 1.30. The Morgan fingerprint density at radius 1 is 1.36 bits per heavy atom. The van der Waals surface area contributed by atoms with Crippen molar-refractivity contribution in [1.82, 2.24) is 5.32 Å². The lowest BCUT2D eigenvalue weighted by Crippen LogP contribution is -2.14. The van der Waals surface area contributed by atoms with Crippen molar-refractivity contribution in [3.05, 3.63) is 28.8 Å². The lowest BCUT2D eigenvalue weighted by Gasteiger charge is -2.17. The molecule has 0 aliphatic rings. The number of hydrogen-bond donors (Lipinski definition) is 1. The number of hydrogen-bond acceptors (Lipinski definition) is 2. The minimum absolute atomic E-state index is 0.290. The van der Waals surface area contributed by atoms with E-state index in [1.165, 1.54) is 0 Å². The molecule has 0 aliphatic carbocycles. The second kappa shape index (κ2) is 4.67. The van der Waals surface area contributed by atoms with Crippen molar-refractivity contribution in [3.8, 4) is 0 Å². The molecule has 3 heteroatoms. The van der Waals surface area contributed by atoms with Crippen molar-refractivity contribution >= 4 is 17.3 Å². The Bertz CT molecular complexity index is 310. The molecule has 0 bridgehead atoms. The Balaban J connectivity index is 3.01. The van der Waals surface area contributed by atoms with E-state index in [1.54, 1.807) is 0 Å². The molecule has 0 aromatic heterocycles. The number of nitrogens with one attached hydrogen (secondary N) is 1. The van der Waals surface area contributed by atoms with E-state index in [0.717, 1.165) is 16.3 Å². The second-order valence-electron chi connectivity index (χ2n) is 3.61. The van der Waals surface area contributed by atoms with Crippen molar-refractivity contribution in [2.75, 3.05) is 26.0 Å². The zero-order valence-electron chi connectivity index (χ0n) is 9.13. The highest BCUT2D eigenvalue weighted by atomic mass is 35.5. The molecule has 1 N–H and O–H groups in total. The molecule has 78 valence electrons. The van der Waals surface area contributed by atoms with Crippen LogP contribution in [0.15, 0.2) is 18.2 Å². The van der Waals surface area contributed by atoms with Crippen LogP contribution in [-0.2, 0) is 0 Å². The van der Waals surface area contributed by atoms with Gasteiger partial charge in [-0.15, -0.1) is 0 Å². The van der Waals surface area contributed by atoms with Crippen LogP contribution < -0.4 is 10.2 Å². The van der Waals surface area contributed by atoms with Crippen LogP contribution >= 0.6 is 11.6 Å². The molecule has 1 rings (SSSR count). The van der Waals surface area contributed by atoms with Crippen LogP contribution in [0.5, 0.6) is 0 Å². The van der Waals surface area contributed by atoms with E-state index in [4.69, 9.17) is 11.6 Å². The summed E-state index contributed by atoms with van der Waals surface area (Å²) < 4.78 is 0. The molecule has 0 saturated heterocycles. The zero-order chi connectivity index (χ0) is 10.7. The summed E-state index contributed by atoms with van der Waals surface area (Å²) in [4.78, 5) is 2.04. The van der Waals surface area contributed by atoms with Crippen LogP contribution in [-0.4, -0.2) is 21.1 Å². The van der Waals surface area contributed by atoms with Gasteiger partial charge >= 0.3 is 0 Å². The van der Waals surface area contributed by atoms with Crippen molar-refractivity contribution in [2.24, 2.45) is 0 Å². The third kappa shape index (κ3) is 2.40. The highest BCUT2D eigenvalue weighted by Crippen LogP contribution is 2.26. The summed E-state index contributed by atoms with van der Waals surface area (Å²) in [5.74, 6) is 0. The van der Waals surface area contributed by atoms with Gasteiger partial charge in [0.15, 0.2) is 0 Å². The summed E-state index contributed by atoms with van der Waals surface area (Å²) in [7, 11) is 5.94. The van der Waals surface area contributed by atoms with Crippen LogP contribution in [0, 0.1) is 0 Å². The van der Waals surface area contributed by atoms with Crippen molar-refractivity contribution in [3.63, 3.8) is 0 Å². The molecule has 1 aromatic carbocycles. The highest BCUT2D eigenvalue weighted by Gasteiger charge is 2.08.